The van der Waals surface area contributed by atoms with Gasteiger partial charge in [0.25, 0.3) is 0 Å². The molecule has 0 unspecified atom stereocenters. The quantitative estimate of drug-likeness (QED) is 0.916. The minimum absolute atomic E-state index is 0.0564. The molecule has 24 heavy (non-hydrogen) atoms. The van der Waals surface area contributed by atoms with Crippen LogP contribution in [-0.4, -0.2) is 29.3 Å². The summed E-state index contributed by atoms with van der Waals surface area (Å²) in [6.07, 6.45) is -1.68. The van der Waals surface area contributed by atoms with E-state index >= 15 is 0 Å². The highest BCUT2D eigenvalue weighted by Crippen LogP contribution is 2.30. The first kappa shape index (κ1) is 16.8. The zero-order chi connectivity index (χ0) is 17.3. The molecule has 0 bridgehead atoms. The number of amides is 2. The van der Waals surface area contributed by atoms with Gasteiger partial charge in [-0.05, 0) is 37.0 Å². The predicted molar refractivity (Wildman–Crippen MR) is 80.7 cm³/mol. The van der Waals surface area contributed by atoms with E-state index in [1.54, 1.807) is 6.07 Å². The van der Waals surface area contributed by atoms with E-state index < -0.39 is 11.7 Å². The molecule has 0 spiro atoms. The van der Waals surface area contributed by atoms with E-state index in [0.717, 1.165) is 25.0 Å². The first-order chi connectivity index (χ1) is 11.3. The summed E-state index contributed by atoms with van der Waals surface area (Å²) < 4.78 is 38.4. The van der Waals surface area contributed by atoms with Crippen molar-refractivity contribution in [2.45, 2.75) is 44.4 Å². The first-order valence-corrected chi connectivity index (χ1v) is 8.07. The molecule has 1 aliphatic carbocycles. The Balaban J connectivity index is 1.66. The number of nitrogens with zero attached hydrogens (tertiary/aromatic N) is 1. The van der Waals surface area contributed by atoms with Crippen LogP contribution in [0.15, 0.2) is 24.3 Å². The highest BCUT2D eigenvalue weighted by atomic mass is 19.4. The van der Waals surface area contributed by atoms with E-state index in [2.05, 4.69) is 5.32 Å². The summed E-state index contributed by atoms with van der Waals surface area (Å²) in [7, 11) is 0. The summed E-state index contributed by atoms with van der Waals surface area (Å²) in [5.74, 6) is -0.462. The van der Waals surface area contributed by atoms with Crippen molar-refractivity contribution in [3.63, 3.8) is 0 Å². The third kappa shape index (κ3) is 4.07. The van der Waals surface area contributed by atoms with Crippen molar-refractivity contribution in [2.75, 3.05) is 6.54 Å². The number of carbonyl (C=O) groups is 2. The van der Waals surface area contributed by atoms with Crippen LogP contribution in [0.25, 0.3) is 0 Å². The van der Waals surface area contributed by atoms with Gasteiger partial charge in [0.05, 0.1) is 11.5 Å². The van der Waals surface area contributed by atoms with E-state index in [1.165, 1.54) is 11.0 Å². The van der Waals surface area contributed by atoms with Gasteiger partial charge in [0.15, 0.2) is 0 Å². The lowest BCUT2D eigenvalue weighted by molar-refractivity contribution is -0.139. The number of hydrogen-bond acceptors (Lipinski definition) is 2. The maximum Gasteiger partial charge on any atom is 0.416 e. The molecule has 1 N–H and O–H groups in total. The van der Waals surface area contributed by atoms with Gasteiger partial charge in [0.2, 0.25) is 11.8 Å². The zero-order valence-electron chi connectivity index (χ0n) is 13.1. The Morgan fingerprint density at radius 2 is 2.00 bits per heavy atom. The van der Waals surface area contributed by atoms with Gasteiger partial charge in [-0.15, -0.1) is 0 Å². The lowest BCUT2D eigenvalue weighted by Crippen LogP contribution is -2.45. The third-order valence-corrected chi connectivity index (χ3v) is 4.42. The van der Waals surface area contributed by atoms with Gasteiger partial charge >= 0.3 is 6.18 Å². The van der Waals surface area contributed by atoms with Gasteiger partial charge in [-0.3, -0.25) is 9.59 Å². The van der Waals surface area contributed by atoms with Crippen molar-refractivity contribution in [1.82, 2.24) is 10.2 Å². The van der Waals surface area contributed by atoms with Gasteiger partial charge < -0.3 is 10.2 Å². The Morgan fingerprint density at radius 1 is 1.25 bits per heavy atom. The average molecular weight is 340 g/mol. The minimum Gasteiger partial charge on any atom is -0.353 e. The Morgan fingerprint density at radius 3 is 2.67 bits per heavy atom. The number of likely N-dealkylation sites (tertiary alicyclic amines) is 1. The molecule has 1 aromatic rings. The van der Waals surface area contributed by atoms with Crippen LogP contribution in [0.3, 0.4) is 0 Å². The minimum atomic E-state index is -4.41. The molecule has 3 rings (SSSR count). The monoisotopic (exact) mass is 340 g/mol. The molecule has 7 heteroatoms. The van der Waals surface area contributed by atoms with E-state index in [1.807, 2.05) is 0 Å². The first-order valence-electron chi connectivity index (χ1n) is 8.07. The van der Waals surface area contributed by atoms with Gasteiger partial charge in [0, 0.05) is 25.6 Å². The molecule has 1 heterocycles. The van der Waals surface area contributed by atoms with Crippen molar-refractivity contribution in [3.8, 4) is 0 Å². The topological polar surface area (TPSA) is 49.4 Å². The number of alkyl halides is 3. The average Bonchev–Trinajstić information content (AvgIpc) is 3.33. The number of halogens is 3. The normalized spacial score (nSPS) is 21.7. The molecule has 2 amide bonds. The predicted octanol–water partition coefficient (Wildman–Crippen LogP) is 2.72. The molecule has 130 valence electrons. The fourth-order valence-electron chi connectivity index (χ4n) is 2.89. The summed E-state index contributed by atoms with van der Waals surface area (Å²) >= 11 is 0. The second kappa shape index (κ2) is 6.45. The number of nitrogens with one attached hydrogen (secondary N) is 1. The second-order valence-corrected chi connectivity index (χ2v) is 6.49. The highest BCUT2D eigenvalue weighted by Gasteiger charge is 2.34. The molecule has 1 atom stereocenters. The smallest absolute Gasteiger partial charge is 0.353 e. The Kier molecular flexibility index (Phi) is 4.51. The van der Waals surface area contributed by atoms with Gasteiger partial charge in [-0.2, -0.15) is 13.2 Å². The molecule has 1 saturated carbocycles. The lowest BCUT2D eigenvalue weighted by atomic mass is 9.96. The maximum atomic E-state index is 12.8. The Bertz CT molecular complexity index is 641. The van der Waals surface area contributed by atoms with E-state index in [9.17, 15) is 22.8 Å². The molecular formula is C17H19F3N2O2. The molecule has 1 aromatic carbocycles. The molecule has 0 aromatic heterocycles. The molecule has 1 saturated heterocycles. The SMILES string of the molecule is O=C(NC1CC1)[C@H]1CCC(=O)N(Cc2cccc(C(F)(F)F)c2)C1. The molecule has 0 radical (unpaired) electrons. The molecule has 2 fully saturated rings. The molecule has 4 nitrogen and oxygen atoms in total. The van der Waals surface area contributed by atoms with Crippen molar-refractivity contribution in [2.24, 2.45) is 5.92 Å². The summed E-state index contributed by atoms with van der Waals surface area (Å²) in [6, 6.07) is 5.22. The van der Waals surface area contributed by atoms with Crippen LogP contribution in [0.2, 0.25) is 0 Å². The summed E-state index contributed by atoms with van der Waals surface area (Å²) in [6.45, 7) is 0.351. The fourth-order valence-corrected chi connectivity index (χ4v) is 2.89. The molecule has 1 aliphatic heterocycles. The van der Waals surface area contributed by atoms with E-state index in [0.29, 0.717) is 12.0 Å². The van der Waals surface area contributed by atoms with Crippen LogP contribution in [0.5, 0.6) is 0 Å². The van der Waals surface area contributed by atoms with Gasteiger partial charge in [-0.1, -0.05) is 12.1 Å². The summed E-state index contributed by atoms with van der Waals surface area (Å²) in [4.78, 5) is 25.7. The fraction of sp³-hybridized carbons (Fsp3) is 0.529. The second-order valence-electron chi connectivity index (χ2n) is 6.49. The third-order valence-electron chi connectivity index (χ3n) is 4.42. The van der Waals surface area contributed by atoms with Crippen LogP contribution in [0, 0.1) is 5.92 Å². The largest absolute Gasteiger partial charge is 0.416 e. The number of rotatable bonds is 4. The maximum absolute atomic E-state index is 12.8. The molecular weight excluding hydrogens is 321 g/mol. The molecule has 2 aliphatic rings. The van der Waals surface area contributed by atoms with E-state index in [4.69, 9.17) is 0 Å². The summed E-state index contributed by atoms with van der Waals surface area (Å²) in [5, 5.41) is 2.93. The number of piperidine rings is 1. The number of hydrogen-bond donors (Lipinski definition) is 1. The van der Waals surface area contributed by atoms with Crippen molar-refractivity contribution in [1.29, 1.82) is 0 Å². The standard InChI is InChI=1S/C17H19F3N2O2/c18-17(19,20)13-3-1-2-11(8-13)9-22-10-12(4-7-15(22)23)16(24)21-14-5-6-14/h1-3,8,12,14H,4-7,9-10H2,(H,21,24)/t12-/m0/s1. The van der Waals surface area contributed by atoms with Crippen molar-refractivity contribution >= 4 is 11.8 Å². The summed E-state index contributed by atoms with van der Waals surface area (Å²) in [5.41, 5.74) is -0.311. The van der Waals surface area contributed by atoms with Crippen molar-refractivity contribution < 1.29 is 22.8 Å². The highest BCUT2D eigenvalue weighted by molar-refractivity contribution is 5.84. The van der Waals surface area contributed by atoms with Crippen LogP contribution in [-0.2, 0) is 22.3 Å². The van der Waals surface area contributed by atoms with E-state index in [-0.39, 0.29) is 43.3 Å². The number of benzene rings is 1. The van der Waals surface area contributed by atoms with Crippen LogP contribution in [0.1, 0.15) is 36.8 Å². The lowest BCUT2D eigenvalue weighted by Gasteiger charge is -2.32. The Labute approximate surface area is 138 Å². The zero-order valence-corrected chi connectivity index (χ0v) is 13.1. The van der Waals surface area contributed by atoms with Gasteiger partial charge in [0.1, 0.15) is 0 Å². The van der Waals surface area contributed by atoms with Crippen LogP contribution in [0.4, 0.5) is 13.2 Å². The van der Waals surface area contributed by atoms with Crippen LogP contribution < -0.4 is 5.32 Å². The Hall–Kier alpha value is -2.05. The van der Waals surface area contributed by atoms with Crippen LogP contribution >= 0.6 is 0 Å². The van der Waals surface area contributed by atoms with Crippen molar-refractivity contribution in [3.05, 3.63) is 35.4 Å². The number of carbonyl (C=O) groups excluding carboxylic acids is 2. The van der Waals surface area contributed by atoms with Gasteiger partial charge in [-0.25, -0.2) is 0 Å².